The van der Waals surface area contributed by atoms with Crippen LogP contribution < -0.4 is 4.72 Å². The first-order valence-corrected chi connectivity index (χ1v) is 10.9. The van der Waals surface area contributed by atoms with Gasteiger partial charge < -0.3 is 0 Å². The summed E-state index contributed by atoms with van der Waals surface area (Å²) in [6.07, 6.45) is 0. The van der Waals surface area contributed by atoms with Gasteiger partial charge in [-0.1, -0.05) is 87.8 Å². The lowest BCUT2D eigenvalue weighted by Gasteiger charge is -2.09. The van der Waals surface area contributed by atoms with E-state index in [4.69, 9.17) is 23.2 Å². The van der Waals surface area contributed by atoms with E-state index in [-0.39, 0.29) is 0 Å². The number of nitrogens with one attached hydrogen (secondary N) is 1. The monoisotopic (exact) mass is 436 g/mol. The van der Waals surface area contributed by atoms with Gasteiger partial charge in [0, 0.05) is 33.1 Å². The molecule has 29 heavy (non-hydrogen) atoms. The zero-order chi connectivity index (χ0) is 20.2. The molecule has 0 saturated carbocycles. The summed E-state index contributed by atoms with van der Waals surface area (Å²) in [5, 5.41) is 2.87. The zero-order valence-electron chi connectivity index (χ0n) is 15.2. The summed E-state index contributed by atoms with van der Waals surface area (Å²) in [6, 6.07) is 26.5. The highest BCUT2D eigenvalue weighted by Gasteiger charge is 2.16. The Morgan fingerprint density at radius 3 is 2.21 bits per heavy atom. The number of fused-ring (bicyclic) bond motifs is 1. The van der Waals surface area contributed by atoms with Crippen LogP contribution in [0.5, 0.6) is 0 Å². The van der Waals surface area contributed by atoms with Crippen LogP contribution in [0.25, 0.3) is 10.8 Å². The maximum atomic E-state index is 13.1. The van der Waals surface area contributed by atoms with Crippen molar-refractivity contribution in [2.24, 2.45) is 0 Å². The van der Waals surface area contributed by atoms with E-state index in [2.05, 4.69) is 16.6 Å². The highest BCUT2D eigenvalue weighted by Crippen LogP contribution is 2.30. The molecule has 1 unspecified atom stereocenters. The van der Waals surface area contributed by atoms with Gasteiger partial charge in [0.2, 0.25) is 0 Å². The Morgan fingerprint density at radius 1 is 0.759 bits per heavy atom. The van der Waals surface area contributed by atoms with Crippen molar-refractivity contribution in [2.75, 3.05) is 4.72 Å². The summed E-state index contributed by atoms with van der Waals surface area (Å²) in [5.74, 6) is 6.38. The molecule has 4 aromatic carbocycles. The van der Waals surface area contributed by atoms with E-state index < -0.39 is 11.0 Å². The summed E-state index contributed by atoms with van der Waals surface area (Å²) in [4.78, 5) is 0.535. The van der Waals surface area contributed by atoms with Crippen molar-refractivity contribution in [1.29, 1.82) is 0 Å². The maximum Gasteiger partial charge on any atom is 0.197 e. The maximum absolute atomic E-state index is 13.1. The van der Waals surface area contributed by atoms with Gasteiger partial charge in [-0.3, -0.25) is 0 Å². The number of halogens is 2. The van der Waals surface area contributed by atoms with E-state index in [9.17, 15) is 4.21 Å². The van der Waals surface area contributed by atoms with Gasteiger partial charge in [-0.2, -0.15) is 0 Å². The first kappa shape index (κ1) is 19.5. The highest BCUT2D eigenvalue weighted by atomic mass is 35.5. The second-order valence-corrected chi connectivity index (χ2v) is 8.56. The van der Waals surface area contributed by atoms with Gasteiger partial charge in [-0.15, -0.1) is 0 Å². The molecule has 2 nitrogen and oxygen atoms in total. The molecule has 0 bridgehead atoms. The standard InChI is InChI=1S/C24H15Cl2NOS/c25-20-14-21(26)16-22(15-20)29(28)27-24-19(11-10-17-6-2-1-3-7-17)13-12-18-8-4-5-9-23(18)24/h1-9,12-16H,(H,27,28)/p+1. The van der Waals surface area contributed by atoms with Gasteiger partial charge in [-0.05, 0) is 29.7 Å². The van der Waals surface area contributed by atoms with Gasteiger partial charge >= 0.3 is 0 Å². The van der Waals surface area contributed by atoms with Gasteiger partial charge in [0.15, 0.2) is 15.9 Å². The second-order valence-electron chi connectivity index (χ2n) is 6.36. The molecule has 0 amide bonds. The lowest BCUT2D eigenvalue weighted by atomic mass is 10.0. The normalized spacial score (nSPS) is 11.5. The van der Waals surface area contributed by atoms with Crippen molar-refractivity contribution < 1.29 is 4.21 Å². The third kappa shape index (κ3) is 4.63. The predicted molar refractivity (Wildman–Crippen MR) is 124 cm³/mol. The molecule has 1 atom stereocenters. The molecule has 4 rings (SSSR count). The van der Waals surface area contributed by atoms with Crippen molar-refractivity contribution in [3.63, 3.8) is 0 Å². The quantitative estimate of drug-likeness (QED) is 0.218. The molecule has 0 spiro atoms. The Hall–Kier alpha value is -2.77. The van der Waals surface area contributed by atoms with Crippen LogP contribution in [0.15, 0.2) is 89.8 Å². The van der Waals surface area contributed by atoms with Crippen LogP contribution in [0.1, 0.15) is 11.1 Å². The van der Waals surface area contributed by atoms with Crippen LogP contribution in [0.3, 0.4) is 0 Å². The molecule has 4 aromatic rings. The van der Waals surface area contributed by atoms with Crippen LogP contribution in [-0.4, -0.2) is 0 Å². The van der Waals surface area contributed by atoms with Gasteiger partial charge in [-0.25, -0.2) is 4.72 Å². The van der Waals surface area contributed by atoms with E-state index >= 15 is 0 Å². The van der Waals surface area contributed by atoms with Crippen molar-refractivity contribution in [3.8, 4) is 11.8 Å². The van der Waals surface area contributed by atoms with Crippen LogP contribution in [0.4, 0.5) is 5.69 Å². The lowest BCUT2D eigenvalue weighted by Crippen LogP contribution is -2.06. The third-order valence-corrected chi connectivity index (χ3v) is 5.93. The fraction of sp³-hybridized carbons (Fsp3) is 0. The zero-order valence-corrected chi connectivity index (χ0v) is 17.6. The van der Waals surface area contributed by atoms with E-state index in [1.807, 2.05) is 66.7 Å². The molecule has 0 radical (unpaired) electrons. The van der Waals surface area contributed by atoms with Crippen molar-refractivity contribution in [3.05, 3.63) is 106 Å². The molecule has 1 N–H and O–H groups in total. The molecule has 0 aliphatic carbocycles. The first-order chi connectivity index (χ1) is 14.1. The summed E-state index contributed by atoms with van der Waals surface area (Å²) in [6.45, 7) is 0. The number of anilines is 1. The van der Waals surface area contributed by atoms with Crippen LogP contribution >= 0.6 is 23.2 Å². The molecule has 5 heteroatoms. The summed E-state index contributed by atoms with van der Waals surface area (Å²) >= 11 is 12.2. The summed E-state index contributed by atoms with van der Waals surface area (Å²) in [5.41, 5.74) is 2.41. The molecule has 142 valence electrons. The van der Waals surface area contributed by atoms with E-state index in [0.29, 0.717) is 14.9 Å². The Labute approximate surface area is 182 Å². The summed E-state index contributed by atoms with van der Waals surface area (Å²) < 4.78 is 16.2. The molecule has 0 saturated heterocycles. The van der Waals surface area contributed by atoms with Crippen LogP contribution in [0.2, 0.25) is 10.0 Å². The second kappa shape index (κ2) is 8.71. The molecule has 0 aliphatic rings. The Kier molecular flexibility index (Phi) is 5.87. The Bertz CT molecular complexity index is 1260. The molecular formula is C24H16Cl2NOS+. The molecule has 0 fully saturated rings. The summed E-state index contributed by atoms with van der Waals surface area (Å²) in [7, 11) is -1.98. The largest absolute Gasteiger partial charge is 0.202 e. The van der Waals surface area contributed by atoms with Crippen molar-refractivity contribution in [1.82, 2.24) is 0 Å². The number of thiol groups is 1. The Balaban J connectivity index is 1.79. The average Bonchev–Trinajstić information content (AvgIpc) is 2.73. The van der Waals surface area contributed by atoms with Gasteiger partial charge in [0.25, 0.3) is 0 Å². The smallest absolute Gasteiger partial charge is 0.197 e. The molecule has 0 aliphatic heterocycles. The van der Waals surface area contributed by atoms with Crippen LogP contribution in [-0.2, 0) is 15.2 Å². The molecule has 0 heterocycles. The first-order valence-electron chi connectivity index (χ1n) is 8.89. The van der Waals surface area contributed by atoms with E-state index in [1.54, 1.807) is 18.2 Å². The number of hydrogen-bond donors (Lipinski definition) is 1. The topological polar surface area (TPSA) is 29.1 Å². The SMILES string of the molecule is O=[SH+](Nc1c(C#Cc2ccccc2)ccc2ccccc12)c1cc(Cl)cc(Cl)c1. The van der Waals surface area contributed by atoms with Gasteiger partial charge in [0.05, 0.1) is 5.56 Å². The number of hydrogen-bond acceptors (Lipinski definition) is 1. The predicted octanol–water partition coefficient (Wildman–Crippen LogP) is 6.63. The minimum atomic E-state index is -1.98. The highest BCUT2D eigenvalue weighted by molar-refractivity contribution is 7.86. The number of benzene rings is 4. The van der Waals surface area contributed by atoms with E-state index in [0.717, 1.165) is 27.6 Å². The van der Waals surface area contributed by atoms with Crippen molar-refractivity contribution >= 4 is 50.6 Å². The van der Waals surface area contributed by atoms with Gasteiger partial charge in [0.1, 0.15) is 5.69 Å². The van der Waals surface area contributed by atoms with E-state index in [1.165, 1.54) is 0 Å². The lowest BCUT2D eigenvalue weighted by molar-refractivity contribution is 0.598. The van der Waals surface area contributed by atoms with Crippen LogP contribution in [0, 0.1) is 11.8 Å². The Morgan fingerprint density at radius 2 is 1.45 bits per heavy atom. The fourth-order valence-corrected chi connectivity index (χ4v) is 4.74. The third-order valence-electron chi connectivity index (χ3n) is 4.34. The molecular weight excluding hydrogens is 421 g/mol. The van der Waals surface area contributed by atoms with Crippen molar-refractivity contribution in [2.45, 2.75) is 4.90 Å². The number of rotatable bonds is 3. The molecule has 0 aromatic heterocycles. The minimum absolute atomic E-state index is 0.444. The average molecular weight is 437 g/mol. The minimum Gasteiger partial charge on any atom is -0.202 e. The fourth-order valence-electron chi connectivity index (χ4n) is 2.98.